The van der Waals surface area contributed by atoms with E-state index in [-0.39, 0.29) is 0 Å². The lowest BCUT2D eigenvalue weighted by Crippen LogP contribution is -2.32. The first-order valence-corrected chi connectivity index (χ1v) is 8.15. The highest BCUT2D eigenvalue weighted by atomic mass is 16.6. The van der Waals surface area contributed by atoms with Crippen molar-refractivity contribution in [3.8, 4) is 11.1 Å². The highest BCUT2D eigenvalue weighted by molar-refractivity contribution is 5.95. The fourth-order valence-electron chi connectivity index (χ4n) is 2.66. The number of hydrogen-bond donors (Lipinski definition) is 2. The predicted molar refractivity (Wildman–Crippen MR) is 99.1 cm³/mol. The van der Waals surface area contributed by atoms with Crippen LogP contribution in [0.15, 0.2) is 53.1 Å². The first-order chi connectivity index (χ1) is 11.8. The summed E-state index contributed by atoms with van der Waals surface area (Å²) in [7, 11) is 0. The molecule has 3 N–H and O–H groups in total. The maximum Gasteiger partial charge on any atom is 0.407 e. The summed E-state index contributed by atoms with van der Waals surface area (Å²) in [6.07, 6.45) is 1.22. The number of carbonyl (C=O) groups is 1. The van der Waals surface area contributed by atoms with Crippen molar-refractivity contribution in [1.82, 2.24) is 5.32 Å². The van der Waals surface area contributed by atoms with E-state index >= 15 is 0 Å². The third-order valence-corrected chi connectivity index (χ3v) is 3.65. The zero-order chi connectivity index (χ0) is 18.0. The van der Waals surface area contributed by atoms with Crippen molar-refractivity contribution in [2.24, 2.45) is 0 Å². The number of nitrogens with one attached hydrogen (secondary N) is 1. The van der Waals surface area contributed by atoms with E-state index in [2.05, 4.69) is 5.32 Å². The van der Waals surface area contributed by atoms with E-state index in [0.29, 0.717) is 12.2 Å². The number of benzene rings is 2. The molecule has 130 valence electrons. The Kier molecular flexibility index (Phi) is 4.40. The first-order valence-electron chi connectivity index (χ1n) is 8.15. The number of fused-ring (bicyclic) bond motifs is 1. The Morgan fingerprint density at radius 2 is 2.00 bits per heavy atom. The van der Waals surface area contributed by atoms with Crippen LogP contribution in [0.2, 0.25) is 0 Å². The van der Waals surface area contributed by atoms with E-state index in [1.165, 1.54) is 0 Å². The van der Waals surface area contributed by atoms with Gasteiger partial charge < -0.3 is 20.2 Å². The minimum absolute atomic E-state index is 0.381. The van der Waals surface area contributed by atoms with Crippen LogP contribution >= 0.6 is 0 Å². The number of nitrogens with two attached hydrogens (primary N) is 1. The number of anilines is 1. The van der Waals surface area contributed by atoms with E-state index in [1.807, 2.05) is 63.2 Å². The standard InChI is InChI=1S/C20H22N2O3/c1-20(2,3)25-19(23)22-12-13-5-4-6-14(9-13)17-11-16(21)10-15-7-8-24-18(15)17/h4-11H,12,21H2,1-3H3,(H,22,23). The van der Waals surface area contributed by atoms with Gasteiger partial charge in [-0.05, 0) is 56.2 Å². The zero-order valence-corrected chi connectivity index (χ0v) is 14.6. The molecule has 0 saturated carbocycles. The van der Waals surface area contributed by atoms with Crippen molar-refractivity contribution in [3.63, 3.8) is 0 Å². The minimum atomic E-state index is -0.515. The van der Waals surface area contributed by atoms with Gasteiger partial charge in [0.15, 0.2) is 0 Å². The summed E-state index contributed by atoms with van der Waals surface area (Å²) < 4.78 is 10.9. The van der Waals surface area contributed by atoms with Crippen LogP contribution in [0.5, 0.6) is 0 Å². The van der Waals surface area contributed by atoms with E-state index < -0.39 is 11.7 Å². The number of rotatable bonds is 3. The molecule has 0 radical (unpaired) electrons. The zero-order valence-electron chi connectivity index (χ0n) is 14.6. The molecule has 0 aliphatic heterocycles. The molecule has 0 atom stereocenters. The number of furan rings is 1. The van der Waals surface area contributed by atoms with E-state index in [0.717, 1.165) is 27.7 Å². The van der Waals surface area contributed by atoms with E-state index in [9.17, 15) is 4.79 Å². The van der Waals surface area contributed by atoms with Crippen molar-refractivity contribution in [2.75, 3.05) is 5.73 Å². The van der Waals surface area contributed by atoms with Crippen LogP contribution in [0.4, 0.5) is 10.5 Å². The van der Waals surface area contributed by atoms with Crippen LogP contribution in [0.25, 0.3) is 22.1 Å². The van der Waals surface area contributed by atoms with Crippen LogP contribution in [-0.2, 0) is 11.3 Å². The maximum absolute atomic E-state index is 11.8. The second kappa shape index (κ2) is 6.51. The molecule has 3 aromatic rings. The van der Waals surface area contributed by atoms with Crippen LogP contribution in [0, 0.1) is 0 Å². The third kappa shape index (κ3) is 4.12. The summed E-state index contributed by atoms with van der Waals surface area (Å²) in [5.74, 6) is 0. The first kappa shape index (κ1) is 16.9. The Morgan fingerprint density at radius 1 is 1.20 bits per heavy atom. The van der Waals surface area contributed by atoms with Crippen LogP contribution in [0.1, 0.15) is 26.3 Å². The van der Waals surface area contributed by atoms with Crippen molar-refractivity contribution in [2.45, 2.75) is 32.9 Å². The number of ether oxygens (including phenoxy) is 1. The highest BCUT2D eigenvalue weighted by Gasteiger charge is 2.16. The summed E-state index contributed by atoms with van der Waals surface area (Å²) in [6.45, 7) is 5.89. The minimum Gasteiger partial charge on any atom is -0.464 e. The average Bonchev–Trinajstić information content (AvgIpc) is 2.99. The molecule has 1 aromatic heterocycles. The Morgan fingerprint density at radius 3 is 2.76 bits per heavy atom. The molecule has 0 spiro atoms. The molecule has 0 saturated heterocycles. The number of nitrogen functional groups attached to an aromatic ring is 1. The molecular formula is C20H22N2O3. The van der Waals surface area contributed by atoms with Gasteiger partial charge in [-0.1, -0.05) is 18.2 Å². The lowest BCUT2D eigenvalue weighted by molar-refractivity contribution is 0.0523. The molecule has 0 unspecified atom stereocenters. The summed E-state index contributed by atoms with van der Waals surface area (Å²) in [4.78, 5) is 11.8. The normalized spacial score (nSPS) is 11.5. The lowest BCUT2D eigenvalue weighted by Gasteiger charge is -2.19. The quantitative estimate of drug-likeness (QED) is 0.678. The second-order valence-electron chi connectivity index (χ2n) is 6.96. The molecule has 3 rings (SSSR count). The van der Waals surface area contributed by atoms with Crippen LogP contribution < -0.4 is 11.1 Å². The monoisotopic (exact) mass is 338 g/mol. The van der Waals surface area contributed by atoms with Gasteiger partial charge in [0.25, 0.3) is 0 Å². The Balaban J connectivity index is 1.82. The van der Waals surface area contributed by atoms with Crippen LogP contribution in [-0.4, -0.2) is 11.7 Å². The summed E-state index contributed by atoms with van der Waals surface area (Å²) >= 11 is 0. The van der Waals surface area contributed by atoms with Crippen molar-refractivity contribution >= 4 is 22.7 Å². The Hall–Kier alpha value is -2.95. The Labute approximate surface area is 146 Å². The molecule has 1 heterocycles. The molecule has 5 heteroatoms. The van der Waals surface area contributed by atoms with Gasteiger partial charge in [0.2, 0.25) is 0 Å². The Bertz CT molecular complexity index is 907. The molecule has 0 aliphatic carbocycles. The molecule has 1 amide bonds. The fourth-order valence-corrected chi connectivity index (χ4v) is 2.66. The SMILES string of the molecule is CC(C)(C)OC(=O)NCc1cccc(-c2cc(N)cc3ccoc23)c1. The topological polar surface area (TPSA) is 77.5 Å². The maximum atomic E-state index is 11.8. The van der Waals surface area contributed by atoms with Crippen molar-refractivity contribution in [1.29, 1.82) is 0 Å². The number of carbonyl (C=O) groups excluding carboxylic acids is 1. The lowest BCUT2D eigenvalue weighted by atomic mass is 10.0. The molecule has 2 aromatic carbocycles. The van der Waals surface area contributed by atoms with Crippen LogP contribution in [0.3, 0.4) is 0 Å². The molecular weight excluding hydrogens is 316 g/mol. The van der Waals surface area contributed by atoms with Gasteiger partial charge in [-0.3, -0.25) is 0 Å². The summed E-state index contributed by atoms with van der Waals surface area (Å²) in [5, 5.41) is 3.73. The number of amides is 1. The van der Waals surface area contributed by atoms with Gasteiger partial charge in [-0.25, -0.2) is 4.79 Å². The van der Waals surface area contributed by atoms with Gasteiger partial charge in [0.1, 0.15) is 11.2 Å². The number of alkyl carbamates (subject to hydrolysis) is 1. The molecule has 0 bridgehead atoms. The molecule has 0 aliphatic rings. The predicted octanol–water partition coefficient (Wildman–Crippen LogP) is 4.71. The largest absolute Gasteiger partial charge is 0.464 e. The smallest absolute Gasteiger partial charge is 0.407 e. The highest BCUT2D eigenvalue weighted by Crippen LogP contribution is 2.32. The molecule has 0 fully saturated rings. The van der Waals surface area contributed by atoms with Gasteiger partial charge >= 0.3 is 6.09 Å². The van der Waals surface area contributed by atoms with E-state index in [1.54, 1.807) is 6.26 Å². The summed E-state index contributed by atoms with van der Waals surface area (Å²) in [5.41, 5.74) is 9.84. The van der Waals surface area contributed by atoms with E-state index in [4.69, 9.17) is 14.9 Å². The molecule has 5 nitrogen and oxygen atoms in total. The number of hydrogen-bond acceptors (Lipinski definition) is 4. The summed E-state index contributed by atoms with van der Waals surface area (Å²) in [6, 6.07) is 13.6. The third-order valence-electron chi connectivity index (χ3n) is 3.65. The van der Waals surface area contributed by atoms with Gasteiger partial charge in [-0.2, -0.15) is 0 Å². The molecule has 25 heavy (non-hydrogen) atoms. The fraction of sp³-hybridized carbons (Fsp3) is 0.250. The van der Waals surface area contributed by atoms with Crippen molar-refractivity contribution < 1.29 is 13.9 Å². The van der Waals surface area contributed by atoms with Gasteiger partial charge in [-0.15, -0.1) is 0 Å². The average molecular weight is 338 g/mol. The second-order valence-corrected chi connectivity index (χ2v) is 6.96. The van der Waals surface area contributed by atoms with Crippen molar-refractivity contribution in [3.05, 3.63) is 54.3 Å². The van der Waals surface area contributed by atoms with Gasteiger partial charge in [0.05, 0.1) is 6.26 Å². The van der Waals surface area contributed by atoms with Gasteiger partial charge in [0, 0.05) is 23.2 Å².